The van der Waals surface area contributed by atoms with E-state index in [1.807, 2.05) is 49.1 Å². The maximum atomic E-state index is 4.64. The Morgan fingerprint density at radius 2 is 0.722 bits per heavy atom. The van der Waals surface area contributed by atoms with Crippen LogP contribution in [0.25, 0.3) is 0 Å². The molecule has 0 unspecified atom stereocenters. The molecule has 36 heavy (non-hydrogen) atoms. The highest BCUT2D eigenvalue weighted by molar-refractivity contribution is 5.22. The number of rotatable bonds is 10. The fourth-order valence-corrected chi connectivity index (χ4v) is 4.02. The summed E-state index contributed by atoms with van der Waals surface area (Å²) in [6, 6.07) is 16.4. The van der Waals surface area contributed by atoms with E-state index in [0.717, 1.165) is 22.8 Å². The average molecular weight is 479 g/mol. The molecule has 4 heterocycles. The maximum Gasteiger partial charge on any atom is 0.0625 e. The molecule has 0 amide bonds. The minimum absolute atomic E-state index is 0.693. The van der Waals surface area contributed by atoms with Gasteiger partial charge in [0.2, 0.25) is 0 Å². The third-order valence-corrected chi connectivity index (χ3v) is 6.37. The molecule has 4 aromatic heterocycles. The lowest BCUT2D eigenvalue weighted by molar-refractivity contribution is 0.314. The lowest BCUT2D eigenvalue weighted by Gasteiger charge is -2.25. The molecule has 0 aliphatic carbocycles. The molecule has 6 nitrogen and oxygen atoms in total. The highest BCUT2D eigenvalue weighted by atomic mass is 15.2. The van der Waals surface area contributed by atoms with Gasteiger partial charge in [0.05, 0.1) is 49.0 Å². The summed E-state index contributed by atoms with van der Waals surface area (Å²) in [5.74, 6) is 0. The molecule has 0 spiro atoms. The lowest BCUT2D eigenvalue weighted by atomic mass is 10.1. The summed E-state index contributed by atoms with van der Waals surface area (Å²) in [4.78, 5) is 23.1. The van der Waals surface area contributed by atoms with Crippen molar-refractivity contribution >= 4 is 0 Å². The standard InChI is InChI=1S/C30H34N6/c1-23-9-5-13-31-27(23)19-35(20-28-24(2)10-6-14-32-28)17-18-36(21-29-25(3)11-7-15-33-29)22-30-26(4)12-8-16-34-30/h5-18H,19-22H2,1-4H3. The first-order valence-electron chi connectivity index (χ1n) is 12.3. The zero-order chi connectivity index (χ0) is 25.3. The Morgan fingerprint density at radius 1 is 0.472 bits per heavy atom. The van der Waals surface area contributed by atoms with Gasteiger partial charge in [0.1, 0.15) is 0 Å². The van der Waals surface area contributed by atoms with Crippen LogP contribution in [0.15, 0.2) is 85.7 Å². The van der Waals surface area contributed by atoms with Crippen molar-refractivity contribution in [1.29, 1.82) is 0 Å². The van der Waals surface area contributed by atoms with Crippen LogP contribution in [0, 0.1) is 27.7 Å². The van der Waals surface area contributed by atoms with E-state index < -0.39 is 0 Å². The van der Waals surface area contributed by atoms with Crippen LogP contribution in [0.1, 0.15) is 45.0 Å². The van der Waals surface area contributed by atoms with Crippen LogP contribution >= 0.6 is 0 Å². The second-order valence-electron chi connectivity index (χ2n) is 9.18. The van der Waals surface area contributed by atoms with Gasteiger partial charge in [-0.25, -0.2) is 0 Å². The van der Waals surface area contributed by atoms with Crippen LogP contribution in [0.2, 0.25) is 0 Å². The molecule has 0 saturated heterocycles. The second-order valence-corrected chi connectivity index (χ2v) is 9.18. The number of aromatic nitrogens is 4. The highest BCUT2D eigenvalue weighted by Crippen LogP contribution is 2.16. The fourth-order valence-electron chi connectivity index (χ4n) is 4.02. The Hall–Kier alpha value is -4.06. The number of pyridine rings is 4. The van der Waals surface area contributed by atoms with Gasteiger partial charge in [0, 0.05) is 37.2 Å². The van der Waals surface area contributed by atoms with E-state index in [9.17, 15) is 0 Å². The fraction of sp³-hybridized carbons (Fsp3) is 0.267. The summed E-state index contributed by atoms with van der Waals surface area (Å²) < 4.78 is 0. The summed E-state index contributed by atoms with van der Waals surface area (Å²) >= 11 is 0. The Morgan fingerprint density at radius 3 is 0.944 bits per heavy atom. The van der Waals surface area contributed by atoms with E-state index in [-0.39, 0.29) is 0 Å². The monoisotopic (exact) mass is 478 g/mol. The van der Waals surface area contributed by atoms with Crippen molar-refractivity contribution in [3.05, 3.63) is 131 Å². The first-order chi connectivity index (χ1) is 17.5. The molecule has 0 radical (unpaired) electrons. The molecule has 0 fully saturated rings. The Labute approximate surface area is 214 Å². The van der Waals surface area contributed by atoms with E-state index in [1.54, 1.807) is 0 Å². The largest absolute Gasteiger partial charge is 0.364 e. The van der Waals surface area contributed by atoms with Gasteiger partial charge in [0.15, 0.2) is 0 Å². The zero-order valence-electron chi connectivity index (χ0n) is 21.6. The van der Waals surface area contributed by atoms with Gasteiger partial charge in [-0.1, -0.05) is 24.3 Å². The van der Waals surface area contributed by atoms with Crippen LogP contribution in [0.5, 0.6) is 0 Å². The summed E-state index contributed by atoms with van der Waals surface area (Å²) in [5.41, 5.74) is 8.95. The summed E-state index contributed by atoms with van der Waals surface area (Å²) in [5, 5.41) is 0. The van der Waals surface area contributed by atoms with Crippen molar-refractivity contribution in [3.8, 4) is 0 Å². The van der Waals surface area contributed by atoms with Crippen molar-refractivity contribution in [2.24, 2.45) is 0 Å². The molecule has 4 aromatic rings. The molecule has 0 aliphatic heterocycles. The first kappa shape index (κ1) is 25.0. The number of hydrogen-bond donors (Lipinski definition) is 0. The van der Waals surface area contributed by atoms with Gasteiger partial charge in [-0.05, 0) is 74.2 Å². The molecule has 0 aromatic carbocycles. The third kappa shape index (κ3) is 6.75. The molecule has 6 heteroatoms. The van der Waals surface area contributed by atoms with Crippen LogP contribution in [-0.2, 0) is 26.2 Å². The van der Waals surface area contributed by atoms with E-state index in [0.29, 0.717) is 26.2 Å². The van der Waals surface area contributed by atoms with Crippen LogP contribution in [0.4, 0.5) is 0 Å². The Balaban J connectivity index is 1.63. The molecular formula is C30H34N6. The van der Waals surface area contributed by atoms with E-state index in [2.05, 4.69) is 94.1 Å². The minimum Gasteiger partial charge on any atom is -0.364 e. The Kier molecular flexibility index (Phi) is 8.40. The predicted octanol–water partition coefficient (Wildman–Crippen LogP) is 5.68. The SMILES string of the molecule is Cc1cccnc1CN(C=CN(Cc1ncccc1C)Cc1ncccc1C)Cc1ncccc1C. The van der Waals surface area contributed by atoms with Gasteiger partial charge >= 0.3 is 0 Å². The normalized spacial score (nSPS) is 11.1. The van der Waals surface area contributed by atoms with Crippen molar-refractivity contribution in [1.82, 2.24) is 29.7 Å². The van der Waals surface area contributed by atoms with E-state index in [4.69, 9.17) is 0 Å². The number of aryl methyl sites for hydroxylation is 4. The van der Waals surface area contributed by atoms with Crippen molar-refractivity contribution < 1.29 is 0 Å². The second kappa shape index (κ2) is 12.1. The van der Waals surface area contributed by atoms with Gasteiger partial charge in [-0.2, -0.15) is 0 Å². The molecule has 0 saturated carbocycles. The first-order valence-corrected chi connectivity index (χ1v) is 12.3. The average Bonchev–Trinajstić information content (AvgIpc) is 2.87. The summed E-state index contributed by atoms with van der Waals surface area (Å²) in [6.45, 7) is 11.2. The van der Waals surface area contributed by atoms with Gasteiger partial charge in [-0.3, -0.25) is 19.9 Å². The van der Waals surface area contributed by atoms with Crippen LogP contribution < -0.4 is 0 Å². The molecule has 0 atom stereocenters. The van der Waals surface area contributed by atoms with Crippen LogP contribution in [0.3, 0.4) is 0 Å². The topological polar surface area (TPSA) is 58.0 Å². The molecular weight excluding hydrogens is 444 g/mol. The summed E-state index contributed by atoms with van der Waals surface area (Å²) in [7, 11) is 0. The molecule has 0 N–H and O–H groups in total. The highest BCUT2D eigenvalue weighted by Gasteiger charge is 2.12. The third-order valence-electron chi connectivity index (χ3n) is 6.37. The Bertz CT molecular complexity index is 1120. The lowest BCUT2D eigenvalue weighted by Crippen LogP contribution is -2.23. The number of nitrogens with zero attached hydrogens (tertiary/aromatic N) is 6. The van der Waals surface area contributed by atoms with Crippen molar-refractivity contribution in [2.45, 2.75) is 53.9 Å². The quantitative estimate of drug-likeness (QED) is 0.292. The smallest absolute Gasteiger partial charge is 0.0625 e. The molecule has 0 aliphatic rings. The van der Waals surface area contributed by atoms with Gasteiger partial charge in [-0.15, -0.1) is 0 Å². The number of hydrogen-bond acceptors (Lipinski definition) is 6. The zero-order valence-corrected chi connectivity index (χ0v) is 21.6. The maximum absolute atomic E-state index is 4.64. The van der Waals surface area contributed by atoms with E-state index >= 15 is 0 Å². The van der Waals surface area contributed by atoms with Crippen molar-refractivity contribution in [2.75, 3.05) is 0 Å². The van der Waals surface area contributed by atoms with Crippen molar-refractivity contribution in [3.63, 3.8) is 0 Å². The minimum atomic E-state index is 0.693. The van der Waals surface area contributed by atoms with Crippen LogP contribution in [-0.4, -0.2) is 29.7 Å². The molecule has 0 bridgehead atoms. The molecule has 184 valence electrons. The molecule has 4 rings (SSSR count). The summed E-state index contributed by atoms with van der Waals surface area (Å²) in [6.07, 6.45) is 11.7. The predicted molar refractivity (Wildman–Crippen MR) is 144 cm³/mol. The van der Waals surface area contributed by atoms with Gasteiger partial charge < -0.3 is 9.80 Å². The van der Waals surface area contributed by atoms with Gasteiger partial charge in [0.25, 0.3) is 0 Å². The van der Waals surface area contributed by atoms with E-state index in [1.165, 1.54) is 22.3 Å².